The van der Waals surface area contributed by atoms with E-state index >= 15 is 0 Å². The Hall–Kier alpha value is -1.13. The molecule has 0 bridgehead atoms. The largest absolute Gasteiger partial charge is 0.477 e. The van der Waals surface area contributed by atoms with E-state index in [0.29, 0.717) is 17.6 Å². The number of nitrogens with zero attached hydrogens (tertiary/aromatic N) is 2. The highest BCUT2D eigenvalue weighted by molar-refractivity contribution is 7.09. The number of hydrogen-bond acceptors (Lipinski definition) is 4. The van der Waals surface area contributed by atoms with Gasteiger partial charge in [0.2, 0.25) is 5.88 Å². The monoisotopic (exact) mass is 282 g/mol. The molecule has 5 heteroatoms. The van der Waals surface area contributed by atoms with Gasteiger partial charge in [-0.2, -0.15) is 0 Å². The molecule has 0 spiro atoms. The van der Waals surface area contributed by atoms with Crippen LogP contribution in [0.25, 0.3) is 0 Å². The van der Waals surface area contributed by atoms with E-state index in [1.54, 1.807) is 11.3 Å². The molecular weight excluding hydrogens is 268 g/mol. The predicted molar refractivity (Wildman–Crippen MR) is 74.6 cm³/mol. The highest BCUT2D eigenvalue weighted by atomic mass is 35.5. The minimum absolute atomic E-state index is 0.498. The van der Waals surface area contributed by atoms with Crippen LogP contribution in [0.5, 0.6) is 5.88 Å². The minimum atomic E-state index is 0.498. The molecular formula is C13H15ClN2OS. The van der Waals surface area contributed by atoms with Crippen LogP contribution in [0.15, 0.2) is 23.8 Å². The molecule has 0 amide bonds. The second-order valence-electron chi connectivity index (χ2n) is 3.88. The maximum atomic E-state index is 6.06. The van der Waals surface area contributed by atoms with Gasteiger partial charge in [-0.25, -0.2) is 9.97 Å². The van der Waals surface area contributed by atoms with Gasteiger partial charge in [0, 0.05) is 11.3 Å². The van der Waals surface area contributed by atoms with Crippen molar-refractivity contribution in [3.63, 3.8) is 0 Å². The third-order valence-electron chi connectivity index (χ3n) is 2.52. The van der Waals surface area contributed by atoms with Crippen LogP contribution in [0.1, 0.15) is 23.8 Å². The van der Waals surface area contributed by atoms with Crippen molar-refractivity contribution in [2.45, 2.75) is 26.2 Å². The Morgan fingerprint density at radius 1 is 1.33 bits per heavy atom. The Morgan fingerprint density at radius 2 is 2.22 bits per heavy atom. The van der Waals surface area contributed by atoms with Crippen LogP contribution in [0.3, 0.4) is 0 Å². The first-order valence-electron chi connectivity index (χ1n) is 5.95. The first kappa shape index (κ1) is 13.3. The lowest BCUT2D eigenvalue weighted by Crippen LogP contribution is -2.05. The molecule has 0 aliphatic carbocycles. The van der Waals surface area contributed by atoms with E-state index in [4.69, 9.17) is 16.3 Å². The molecule has 96 valence electrons. The van der Waals surface area contributed by atoms with Crippen molar-refractivity contribution in [1.82, 2.24) is 9.97 Å². The normalized spacial score (nSPS) is 10.6. The van der Waals surface area contributed by atoms with E-state index in [1.165, 1.54) is 11.2 Å². The molecule has 0 aliphatic heterocycles. The number of rotatable bonds is 6. The van der Waals surface area contributed by atoms with Gasteiger partial charge in [0.05, 0.1) is 12.2 Å². The summed E-state index contributed by atoms with van der Waals surface area (Å²) >= 11 is 7.79. The van der Waals surface area contributed by atoms with E-state index in [1.807, 2.05) is 6.07 Å². The van der Waals surface area contributed by atoms with Crippen LogP contribution >= 0.6 is 22.9 Å². The number of halogens is 1. The van der Waals surface area contributed by atoms with Crippen LogP contribution in [-0.2, 0) is 12.8 Å². The summed E-state index contributed by atoms with van der Waals surface area (Å²) in [6, 6.07) is 4.15. The fourth-order valence-corrected chi connectivity index (χ4v) is 2.57. The van der Waals surface area contributed by atoms with Crippen molar-refractivity contribution in [3.05, 3.63) is 39.4 Å². The van der Waals surface area contributed by atoms with Crippen molar-refractivity contribution in [3.8, 4) is 5.88 Å². The molecule has 0 unspecified atom stereocenters. The van der Waals surface area contributed by atoms with Gasteiger partial charge in [0.1, 0.15) is 11.5 Å². The summed E-state index contributed by atoms with van der Waals surface area (Å²) in [4.78, 5) is 9.47. The van der Waals surface area contributed by atoms with Gasteiger partial charge >= 0.3 is 0 Å². The first-order valence-corrected chi connectivity index (χ1v) is 7.21. The van der Waals surface area contributed by atoms with Gasteiger partial charge in [-0.05, 0) is 17.9 Å². The summed E-state index contributed by atoms with van der Waals surface area (Å²) in [5, 5.41) is 2.57. The van der Waals surface area contributed by atoms with Gasteiger partial charge in [0.25, 0.3) is 0 Å². The molecule has 3 nitrogen and oxygen atoms in total. The Morgan fingerprint density at radius 3 is 2.94 bits per heavy atom. The lowest BCUT2D eigenvalue weighted by atomic mass is 10.2. The van der Waals surface area contributed by atoms with Crippen LogP contribution in [-0.4, -0.2) is 16.6 Å². The zero-order valence-corrected chi connectivity index (χ0v) is 11.8. The molecule has 0 saturated heterocycles. The molecule has 0 fully saturated rings. The molecule has 2 aromatic rings. The molecule has 2 aromatic heterocycles. The van der Waals surface area contributed by atoms with Crippen molar-refractivity contribution in [2.75, 3.05) is 6.61 Å². The van der Waals surface area contributed by atoms with Crippen molar-refractivity contribution >= 4 is 22.9 Å². The van der Waals surface area contributed by atoms with Crippen LogP contribution < -0.4 is 4.74 Å². The second-order valence-corrected chi connectivity index (χ2v) is 5.27. The zero-order valence-electron chi connectivity index (χ0n) is 10.2. The van der Waals surface area contributed by atoms with Crippen molar-refractivity contribution < 1.29 is 4.74 Å². The SMILES string of the molecule is CCCc1c(Cl)ncnc1OCCc1cccs1. The minimum Gasteiger partial charge on any atom is -0.477 e. The number of thiophene rings is 1. The number of hydrogen-bond donors (Lipinski definition) is 0. The fraction of sp³-hybridized carbons (Fsp3) is 0.385. The summed E-state index contributed by atoms with van der Waals surface area (Å²) in [6.07, 6.45) is 4.18. The Kier molecular flexibility index (Phi) is 4.96. The molecule has 2 heterocycles. The lowest BCUT2D eigenvalue weighted by molar-refractivity contribution is 0.306. The maximum absolute atomic E-state index is 6.06. The van der Waals surface area contributed by atoms with Gasteiger partial charge in [-0.3, -0.25) is 0 Å². The quantitative estimate of drug-likeness (QED) is 0.757. The molecule has 18 heavy (non-hydrogen) atoms. The van der Waals surface area contributed by atoms with Crippen LogP contribution in [0, 0.1) is 0 Å². The molecule has 2 rings (SSSR count). The van der Waals surface area contributed by atoms with E-state index in [9.17, 15) is 0 Å². The summed E-state index contributed by atoms with van der Waals surface area (Å²) in [5.41, 5.74) is 0.910. The molecule has 0 aliphatic rings. The topological polar surface area (TPSA) is 35.0 Å². The molecule has 0 saturated carbocycles. The smallest absolute Gasteiger partial charge is 0.221 e. The molecule has 0 radical (unpaired) electrons. The molecule has 0 N–H and O–H groups in total. The van der Waals surface area contributed by atoms with Crippen molar-refractivity contribution in [2.24, 2.45) is 0 Å². The van der Waals surface area contributed by atoms with E-state index < -0.39 is 0 Å². The standard InChI is InChI=1S/C13H15ClN2OS/c1-2-4-11-12(14)15-9-16-13(11)17-7-6-10-5-3-8-18-10/h3,5,8-9H,2,4,6-7H2,1H3. The first-order chi connectivity index (χ1) is 8.81. The third-order valence-corrected chi connectivity index (χ3v) is 3.78. The van der Waals surface area contributed by atoms with Crippen molar-refractivity contribution in [1.29, 1.82) is 0 Å². The summed E-state index contributed by atoms with van der Waals surface area (Å²) < 4.78 is 5.71. The summed E-state index contributed by atoms with van der Waals surface area (Å²) in [7, 11) is 0. The predicted octanol–water partition coefficient (Wildman–Crippen LogP) is 3.77. The van der Waals surface area contributed by atoms with Gasteiger partial charge in [-0.1, -0.05) is 31.0 Å². The van der Waals surface area contributed by atoms with E-state index in [2.05, 4.69) is 28.3 Å². The van der Waals surface area contributed by atoms with Gasteiger partial charge < -0.3 is 4.74 Å². The number of ether oxygens (including phenoxy) is 1. The zero-order chi connectivity index (χ0) is 12.8. The number of aromatic nitrogens is 2. The lowest BCUT2D eigenvalue weighted by Gasteiger charge is -2.09. The average molecular weight is 283 g/mol. The third kappa shape index (κ3) is 3.43. The van der Waals surface area contributed by atoms with Gasteiger partial charge in [0.15, 0.2) is 0 Å². The van der Waals surface area contributed by atoms with E-state index in [0.717, 1.165) is 24.8 Å². The second kappa shape index (κ2) is 6.71. The fourth-order valence-electron chi connectivity index (χ4n) is 1.66. The average Bonchev–Trinajstić information content (AvgIpc) is 2.86. The Labute approximate surface area is 116 Å². The maximum Gasteiger partial charge on any atom is 0.221 e. The molecule has 0 aromatic carbocycles. The summed E-state index contributed by atoms with van der Waals surface area (Å²) in [5.74, 6) is 0.619. The summed E-state index contributed by atoms with van der Waals surface area (Å²) in [6.45, 7) is 2.71. The highest BCUT2D eigenvalue weighted by Crippen LogP contribution is 2.23. The van der Waals surface area contributed by atoms with Gasteiger partial charge in [-0.15, -0.1) is 11.3 Å². The van der Waals surface area contributed by atoms with E-state index in [-0.39, 0.29) is 0 Å². The highest BCUT2D eigenvalue weighted by Gasteiger charge is 2.10. The molecule has 0 atom stereocenters. The Balaban J connectivity index is 1.98. The Bertz CT molecular complexity index is 488. The van der Waals surface area contributed by atoms with Crippen LogP contribution in [0.4, 0.5) is 0 Å². The van der Waals surface area contributed by atoms with Crippen LogP contribution in [0.2, 0.25) is 5.15 Å².